The lowest BCUT2D eigenvalue weighted by Crippen LogP contribution is -2.38. The molecule has 0 amide bonds. The van der Waals surface area contributed by atoms with Gasteiger partial charge in [-0.05, 0) is 11.1 Å². The molecule has 0 fully saturated rings. The van der Waals surface area contributed by atoms with Crippen molar-refractivity contribution < 1.29 is 4.57 Å². The van der Waals surface area contributed by atoms with Gasteiger partial charge >= 0.3 is 5.56 Å². The summed E-state index contributed by atoms with van der Waals surface area (Å²) in [6.45, 7) is 0. The number of benzene rings is 2. The fourth-order valence-corrected chi connectivity index (χ4v) is 3.33. The van der Waals surface area contributed by atoms with Crippen LogP contribution in [0.2, 0.25) is 0 Å². The van der Waals surface area contributed by atoms with Gasteiger partial charge in [-0.25, -0.2) is 0 Å². The summed E-state index contributed by atoms with van der Waals surface area (Å²) >= 11 is 0. The third-order valence-electron chi connectivity index (χ3n) is 4.57. The maximum atomic E-state index is 12.9. The molecular formula is C23H20N3O+. The van der Waals surface area contributed by atoms with Crippen LogP contribution < -0.4 is 15.9 Å². The molecule has 0 atom stereocenters. The predicted octanol–water partition coefficient (Wildman–Crippen LogP) is 3.49. The van der Waals surface area contributed by atoms with E-state index >= 15 is 0 Å². The summed E-state index contributed by atoms with van der Waals surface area (Å²) in [5, 5.41) is 0. The van der Waals surface area contributed by atoms with Crippen LogP contribution in [0.4, 0.5) is 5.69 Å². The van der Waals surface area contributed by atoms with Crippen molar-refractivity contribution in [1.82, 2.24) is 4.98 Å². The standard InChI is InChI=1S/C23H19N3O/c24-21-20(18-12-6-2-7-13-18)19(16-17-10-4-1-5-11-17)25-23(27)22(21)26-14-8-3-9-15-26/h1-15H,16H2,(H2-,24,25,27)/p+1. The SMILES string of the molecule is Nc1c(-c2ccccc2)c(Cc2ccccc2)[nH]c(=O)c1-[n+]1ccccc1. The zero-order valence-electron chi connectivity index (χ0n) is 14.8. The van der Waals surface area contributed by atoms with E-state index in [0.717, 1.165) is 22.4 Å². The topological polar surface area (TPSA) is 62.8 Å². The van der Waals surface area contributed by atoms with Gasteiger partial charge in [-0.1, -0.05) is 66.7 Å². The Morgan fingerprint density at radius 1 is 0.815 bits per heavy atom. The van der Waals surface area contributed by atoms with Crippen LogP contribution in [0.5, 0.6) is 0 Å². The van der Waals surface area contributed by atoms with Crippen LogP contribution in [0, 0.1) is 0 Å². The van der Waals surface area contributed by atoms with Crippen LogP contribution in [0.1, 0.15) is 11.3 Å². The van der Waals surface area contributed by atoms with Crippen molar-refractivity contribution in [2.75, 3.05) is 5.73 Å². The van der Waals surface area contributed by atoms with Crippen LogP contribution in [0.3, 0.4) is 0 Å². The Balaban J connectivity index is 1.95. The number of nitrogens with one attached hydrogen (secondary N) is 1. The number of aromatic nitrogens is 2. The lowest BCUT2D eigenvalue weighted by Gasteiger charge is -2.13. The largest absolute Gasteiger partial charge is 0.393 e. The van der Waals surface area contributed by atoms with E-state index in [9.17, 15) is 4.79 Å². The highest BCUT2D eigenvalue weighted by Crippen LogP contribution is 2.31. The Hall–Kier alpha value is -3.66. The van der Waals surface area contributed by atoms with Gasteiger partial charge in [-0.15, -0.1) is 0 Å². The number of nitrogens with two attached hydrogens (primary N) is 1. The highest BCUT2D eigenvalue weighted by Gasteiger charge is 2.23. The number of hydrogen-bond acceptors (Lipinski definition) is 2. The first-order valence-electron chi connectivity index (χ1n) is 8.84. The molecule has 2 aromatic heterocycles. The van der Waals surface area contributed by atoms with Crippen molar-refractivity contribution in [3.8, 4) is 16.8 Å². The number of nitrogens with zero attached hydrogens (tertiary/aromatic N) is 1. The molecule has 0 aliphatic heterocycles. The van der Waals surface area contributed by atoms with E-state index in [0.29, 0.717) is 17.8 Å². The van der Waals surface area contributed by atoms with Crippen molar-refractivity contribution in [3.05, 3.63) is 113 Å². The molecule has 4 rings (SSSR count). The molecule has 0 saturated heterocycles. The molecule has 4 aromatic rings. The molecule has 2 heterocycles. The Kier molecular flexibility index (Phi) is 4.54. The van der Waals surface area contributed by atoms with Crippen molar-refractivity contribution >= 4 is 5.69 Å². The van der Waals surface area contributed by atoms with E-state index in [-0.39, 0.29) is 5.56 Å². The van der Waals surface area contributed by atoms with Gasteiger partial charge in [-0.3, -0.25) is 4.79 Å². The average molecular weight is 354 g/mol. The third-order valence-corrected chi connectivity index (χ3v) is 4.57. The fraction of sp³-hybridized carbons (Fsp3) is 0.0435. The average Bonchev–Trinajstić information content (AvgIpc) is 2.70. The van der Waals surface area contributed by atoms with E-state index in [4.69, 9.17) is 5.73 Å². The summed E-state index contributed by atoms with van der Waals surface area (Å²) in [4.78, 5) is 16.0. The second-order valence-electron chi connectivity index (χ2n) is 6.38. The van der Waals surface area contributed by atoms with Crippen molar-refractivity contribution in [3.63, 3.8) is 0 Å². The molecule has 4 nitrogen and oxygen atoms in total. The number of nitrogen functional groups attached to an aromatic ring is 1. The van der Waals surface area contributed by atoms with Gasteiger partial charge < -0.3 is 10.7 Å². The first-order chi connectivity index (χ1) is 13.2. The van der Waals surface area contributed by atoms with Crippen LogP contribution >= 0.6 is 0 Å². The Labute approximate surface area is 157 Å². The van der Waals surface area contributed by atoms with Crippen LogP contribution in [0.15, 0.2) is 96.1 Å². The smallest absolute Gasteiger partial charge is 0.323 e. The lowest BCUT2D eigenvalue weighted by molar-refractivity contribution is -0.596. The number of H-pyrrole nitrogens is 1. The van der Waals surface area contributed by atoms with Gasteiger partial charge in [0.2, 0.25) is 0 Å². The van der Waals surface area contributed by atoms with Gasteiger partial charge in [0.1, 0.15) is 5.69 Å². The summed E-state index contributed by atoms with van der Waals surface area (Å²) in [6.07, 6.45) is 4.25. The van der Waals surface area contributed by atoms with Crippen molar-refractivity contribution in [1.29, 1.82) is 0 Å². The molecule has 0 aliphatic carbocycles. The molecule has 0 saturated carbocycles. The van der Waals surface area contributed by atoms with Crippen molar-refractivity contribution in [2.45, 2.75) is 6.42 Å². The number of anilines is 1. The second-order valence-corrected chi connectivity index (χ2v) is 6.38. The highest BCUT2D eigenvalue weighted by molar-refractivity contribution is 5.82. The normalized spacial score (nSPS) is 10.7. The van der Waals surface area contributed by atoms with Crippen LogP contribution in [-0.4, -0.2) is 4.98 Å². The predicted molar refractivity (Wildman–Crippen MR) is 108 cm³/mol. The van der Waals surface area contributed by atoms with E-state index < -0.39 is 0 Å². The molecule has 3 N–H and O–H groups in total. The molecule has 0 bridgehead atoms. The van der Waals surface area contributed by atoms with Crippen molar-refractivity contribution in [2.24, 2.45) is 0 Å². The van der Waals surface area contributed by atoms with E-state index in [2.05, 4.69) is 4.98 Å². The fourth-order valence-electron chi connectivity index (χ4n) is 3.33. The molecule has 0 spiro atoms. The van der Waals surface area contributed by atoms with E-state index in [1.165, 1.54) is 0 Å². The minimum atomic E-state index is -0.200. The summed E-state index contributed by atoms with van der Waals surface area (Å²) in [5.41, 5.74) is 11.1. The Morgan fingerprint density at radius 2 is 1.41 bits per heavy atom. The lowest BCUT2D eigenvalue weighted by atomic mass is 9.97. The molecule has 0 aliphatic rings. The minimum Gasteiger partial charge on any atom is -0.393 e. The molecule has 132 valence electrons. The second kappa shape index (κ2) is 7.30. The molecule has 2 aromatic carbocycles. The molecule has 27 heavy (non-hydrogen) atoms. The van der Waals surface area contributed by atoms with E-state index in [1.54, 1.807) is 4.57 Å². The number of pyridine rings is 2. The van der Waals surface area contributed by atoms with Gasteiger partial charge in [0.25, 0.3) is 5.69 Å². The van der Waals surface area contributed by atoms with Gasteiger partial charge in [-0.2, -0.15) is 4.57 Å². The summed E-state index contributed by atoms with van der Waals surface area (Å²) in [5.74, 6) is 0. The third kappa shape index (κ3) is 3.37. The number of hydrogen-bond donors (Lipinski definition) is 2. The summed E-state index contributed by atoms with van der Waals surface area (Å²) in [6, 6.07) is 25.6. The van der Waals surface area contributed by atoms with Gasteiger partial charge in [0.15, 0.2) is 12.4 Å². The monoisotopic (exact) mass is 354 g/mol. The molecule has 0 unspecified atom stereocenters. The number of rotatable bonds is 4. The Bertz CT molecular complexity index is 1100. The first-order valence-corrected chi connectivity index (χ1v) is 8.84. The van der Waals surface area contributed by atoms with E-state index in [1.807, 2.05) is 91.3 Å². The highest BCUT2D eigenvalue weighted by atomic mass is 16.1. The molecular weight excluding hydrogens is 334 g/mol. The molecule has 4 heteroatoms. The summed E-state index contributed by atoms with van der Waals surface area (Å²) < 4.78 is 1.76. The van der Waals surface area contributed by atoms with Gasteiger partial charge in [0, 0.05) is 29.8 Å². The van der Waals surface area contributed by atoms with Crippen LogP contribution in [-0.2, 0) is 6.42 Å². The van der Waals surface area contributed by atoms with Gasteiger partial charge in [0.05, 0.1) is 0 Å². The maximum Gasteiger partial charge on any atom is 0.323 e. The molecule has 0 radical (unpaired) electrons. The zero-order valence-corrected chi connectivity index (χ0v) is 14.8. The Morgan fingerprint density at radius 3 is 2.07 bits per heavy atom. The summed E-state index contributed by atoms with van der Waals surface area (Å²) in [7, 11) is 0. The number of aromatic amines is 1. The first kappa shape index (κ1) is 16.8. The van der Waals surface area contributed by atoms with Crippen LogP contribution in [0.25, 0.3) is 16.8 Å². The zero-order chi connectivity index (χ0) is 18.6. The minimum absolute atomic E-state index is 0.200. The maximum absolute atomic E-state index is 12.9. The quantitative estimate of drug-likeness (QED) is 0.551.